The average molecular weight is 276 g/mol. The summed E-state index contributed by atoms with van der Waals surface area (Å²) >= 11 is 5.75. The second-order valence-corrected chi connectivity index (χ2v) is 3.95. The van der Waals surface area contributed by atoms with Crippen LogP contribution in [0.15, 0.2) is 18.2 Å². The monoisotopic (exact) mass is 275 g/mol. The molecule has 0 spiro atoms. The Morgan fingerprint density at radius 2 is 2.22 bits per heavy atom. The zero-order valence-corrected chi connectivity index (χ0v) is 10.5. The third-order valence-electron chi connectivity index (χ3n) is 2.18. The molecule has 0 heterocycles. The van der Waals surface area contributed by atoms with Crippen LogP contribution in [0.3, 0.4) is 0 Å². The number of hydrogen-bond acceptors (Lipinski definition) is 3. The van der Waals surface area contributed by atoms with E-state index in [1.54, 1.807) is 0 Å². The number of aliphatic hydroxyl groups excluding tert-OH is 1. The van der Waals surface area contributed by atoms with Crippen LogP contribution in [-0.4, -0.2) is 37.4 Å². The van der Waals surface area contributed by atoms with E-state index in [9.17, 15) is 9.18 Å². The van der Waals surface area contributed by atoms with Gasteiger partial charge in [-0.3, -0.25) is 4.79 Å². The maximum absolute atomic E-state index is 13.4. The van der Waals surface area contributed by atoms with Crippen molar-refractivity contribution in [1.29, 1.82) is 0 Å². The Labute approximate surface area is 110 Å². The highest BCUT2D eigenvalue weighted by molar-refractivity contribution is 6.33. The number of rotatable bonds is 7. The number of ether oxygens (including phenoxy) is 1. The minimum absolute atomic E-state index is 0.0306. The lowest BCUT2D eigenvalue weighted by Crippen LogP contribution is -2.26. The van der Waals surface area contributed by atoms with Crippen LogP contribution < -0.4 is 5.32 Å². The van der Waals surface area contributed by atoms with Gasteiger partial charge >= 0.3 is 0 Å². The van der Waals surface area contributed by atoms with Gasteiger partial charge in [0.25, 0.3) is 5.91 Å². The quantitative estimate of drug-likeness (QED) is 0.743. The van der Waals surface area contributed by atoms with Crippen LogP contribution in [-0.2, 0) is 4.74 Å². The van der Waals surface area contributed by atoms with Gasteiger partial charge < -0.3 is 15.2 Å². The molecule has 4 nitrogen and oxygen atoms in total. The molecule has 18 heavy (non-hydrogen) atoms. The van der Waals surface area contributed by atoms with E-state index in [0.717, 1.165) is 0 Å². The Bertz CT molecular complexity index is 381. The highest BCUT2D eigenvalue weighted by Gasteiger charge is 2.14. The van der Waals surface area contributed by atoms with Crippen molar-refractivity contribution >= 4 is 17.5 Å². The molecule has 0 saturated carbocycles. The molecule has 0 radical (unpaired) electrons. The molecule has 2 N–H and O–H groups in total. The fourth-order valence-corrected chi connectivity index (χ4v) is 1.59. The van der Waals surface area contributed by atoms with Crippen LogP contribution in [0.2, 0.25) is 5.02 Å². The van der Waals surface area contributed by atoms with E-state index < -0.39 is 11.7 Å². The predicted octanol–water partition coefficient (Wildman–Crippen LogP) is 1.61. The number of aliphatic hydroxyl groups is 1. The van der Waals surface area contributed by atoms with Crippen molar-refractivity contribution in [3.05, 3.63) is 34.6 Å². The second kappa shape index (κ2) is 8.02. The summed E-state index contributed by atoms with van der Waals surface area (Å²) in [6.45, 7) is 1.02. The zero-order valence-electron chi connectivity index (χ0n) is 9.79. The number of amides is 1. The second-order valence-electron chi connectivity index (χ2n) is 3.54. The highest BCUT2D eigenvalue weighted by Crippen LogP contribution is 2.18. The summed E-state index contributed by atoms with van der Waals surface area (Å²) in [6, 6.07) is 4.09. The van der Waals surface area contributed by atoms with E-state index in [-0.39, 0.29) is 23.8 Å². The molecule has 0 aliphatic heterocycles. The molecule has 1 aromatic rings. The van der Waals surface area contributed by atoms with Gasteiger partial charge in [-0.05, 0) is 18.6 Å². The Morgan fingerprint density at radius 3 is 2.89 bits per heavy atom. The third-order valence-corrected chi connectivity index (χ3v) is 2.49. The number of nitrogens with one attached hydrogen (secondary N) is 1. The van der Waals surface area contributed by atoms with Crippen molar-refractivity contribution < 1.29 is 19.0 Å². The first-order chi connectivity index (χ1) is 8.66. The molecule has 0 aliphatic carbocycles. The maximum Gasteiger partial charge on any atom is 0.255 e. The van der Waals surface area contributed by atoms with Crippen LogP contribution in [0.4, 0.5) is 4.39 Å². The lowest BCUT2D eigenvalue weighted by Gasteiger charge is -2.07. The van der Waals surface area contributed by atoms with E-state index >= 15 is 0 Å². The topological polar surface area (TPSA) is 58.6 Å². The fraction of sp³-hybridized carbons (Fsp3) is 0.417. The van der Waals surface area contributed by atoms with E-state index in [2.05, 4.69) is 5.32 Å². The molecule has 6 heteroatoms. The van der Waals surface area contributed by atoms with E-state index in [0.29, 0.717) is 19.6 Å². The van der Waals surface area contributed by atoms with Gasteiger partial charge in [0, 0.05) is 13.2 Å². The molecule has 0 atom stereocenters. The lowest BCUT2D eigenvalue weighted by molar-refractivity contribution is 0.0866. The van der Waals surface area contributed by atoms with Crippen molar-refractivity contribution in [2.75, 3.05) is 26.4 Å². The number of carbonyl (C=O) groups is 1. The van der Waals surface area contributed by atoms with Crippen LogP contribution in [0, 0.1) is 5.82 Å². The number of benzene rings is 1. The molecule has 100 valence electrons. The minimum Gasteiger partial charge on any atom is -0.394 e. The fourth-order valence-electron chi connectivity index (χ4n) is 1.35. The van der Waals surface area contributed by atoms with Gasteiger partial charge in [-0.25, -0.2) is 4.39 Å². The summed E-state index contributed by atoms with van der Waals surface area (Å²) in [6.07, 6.45) is 0.581. The van der Waals surface area contributed by atoms with Crippen LogP contribution in [0.5, 0.6) is 0 Å². The summed E-state index contributed by atoms with van der Waals surface area (Å²) in [5.41, 5.74) is -0.143. The van der Waals surface area contributed by atoms with Crippen molar-refractivity contribution in [3.8, 4) is 0 Å². The summed E-state index contributed by atoms with van der Waals surface area (Å²) in [4.78, 5) is 11.7. The number of carbonyl (C=O) groups excluding carboxylic acids is 1. The lowest BCUT2D eigenvalue weighted by atomic mass is 10.2. The molecule has 1 aromatic carbocycles. The van der Waals surface area contributed by atoms with Crippen LogP contribution in [0.25, 0.3) is 0 Å². The van der Waals surface area contributed by atoms with E-state index in [1.807, 2.05) is 0 Å². The van der Waals surface area contributed by atoms with Gasteiger partial charge in [0.05, 0.1) is 23.8 Å². The summed E-state index contributed by atoms with van der Waals surface area (Å²) in [5, 5.41) is 11.1. The first-order valence-corrected chi connectivity index (χ1v) is 5.95. The largest absolute Gasteiger partial charge is 0.394 e. The van der Waals surface area contributed by atoms with Crippen molar-refractivity contribution in [3.63, 3.8) is 0 Å². The van der Waals surface area contributed by atoms with Gasteiger partial charge in [-0.15, -0.1) is 0 Å². The first-order valence-electron chi connectivity index (χ1n) is 5.57. The van der Waals surface area contributed by atoms with E-state index in [4.69, 9.17) is 21.4 Å². The van der Waals surface area contributed by atoms with Crippen LogP contribution in [0.1, 0.15) is 16.8 Å². The van der Waals surface area contributed by atoms with Gasteiger partial charge in [-0.2, -0.15) is 0 Å². The molecule has 0 fully saturated rings. The van der Waals surface area contributed by atoms with Crippen molar-refractivity contribution in [1.82, 2.24) is 5.32 Å². The molecule has 0 bridgehead atoms. The first kappa shape index (κ1) is 14.9. The molecular formula is C12H15ClFNO3. The number of hydrogen-bond donors (Lipinski definition) is 2. The Kier molecular flexibility index (Phi) is 6.64. The SMILES string of the molecule is O=C(NCCCOCCO)c1c(F)cccc1Cl. The molecule has 0 saturated heterocycles. The Balaban J connectivity index is 2.37. The Hall–Kier alpha value is -1.17. The van der Waals surface area contributed by atoms with E-state index in [1.165, 1.54) is 18.2 Å². The summed E-state index contributed by atoms with van der Waals surface area (Å²) in [7, 11) is 0. The zero-order chi connectivity index (χ0) is 13.4. The summed E-state index contributed by atoms with van der Waals surface area (Å²) < 4.78 is 18.4. The van der Waals surface area contributed by atoms with Gasteiger partial charge in [0.1, 0.15) is 5.82 Å². The average Bonchev–Trinajstić information content (AvgIpc) is 2.33. The normalized spacial score (nSPS) is 10.4. The molecule has 1 rings (SSSR count). The standard InChI is InChI=1S/C12H15ClFNO3/c13-9-3-1-4-10(14)11(9)12(17)15-5-2-7-18-8-6-16/h1,3-4,16H,2,5-8H2,(H,15,17). The third kappa shape index (κ3) is 4.60. The van der Waals surface area contributed by atoms with Gasteiger partial charge in [-0.1, -0.05) is 17.7 Å². The minimum atomic E-state index is -0.642. The summed E-state index contributed by atoms with van der Waals surface area (Å²) in [5.74, 6) is -1.18. The number of halogens is 2. The van der Waals surface area contributed by atoms with Crippen molar-refractivity contribution in [2.24, 2.45) is 0 Å². The smallest absolute Gasteiger partial charge is 0.255 e. The molecule has 0 unspecified atom stereocenters. The Morgan fingerprint density at radius 1 is 1.44 bits per heavy atom. The molecular weight excluding hydrogens is 261 g/mol. The molecule has 1 amide bonds. The van der Waals surface area contributed by atoms with Gasteiger partial charge in [0.15, 0.2) is 0 Å². The van der Waals surface area contributed by atoms with Gasteiger partial charge in [0.2, 0.25) is 0 Å². The molecule has 0 aromatic heterocycles. The van der Waals surface area contributed by atoms with Crippen molar-refractivity contribution in [2.45, 2.75) is 6.42 Å². The maximum atomic E-state index is 13.4. The highest BCUT2D eigenvalue weighted by atomic mass is 35.5. The molecule has 0 aliphatic rings. The predicted molar refractivity (Wildman–Crippen MR) is 66.3 cm³/mol. The van der Waals surface area contributed by atoms with Crippen LogP contribution >= 0.6 is 11.6 Å².